The fourth-order valence-electron chi connectivity index (χ4n) is 3.39. The number of carbonyl (C=O) groups excluding carboxylic acids is 1. The first kappa shape index (κ1) is 24.3. The van der Waals surface area contributed by atoms with Crippen LogP contribution in [0.5, 0.6) is 5.75 Å². The number of ether oxygens (including phenoxy) is 1. The number of carbonyl (C=O) groups is 1. The molecular formula is C25H29N3O4S. The zero-order valence-corrected chi connectivity index (χ0v) is 20.1. The van der Waals surface area contributed by atoms with Gasteiger partial charge >= 0.3 is 0 Å². The van der Waals surface area contributed by atoms with E-state index in [4.69, 9.17) is 4.74 Å². The highest BCUT2D eigenvalue weighted by Gasteiger charge is 2.23. The fourth-order valence-corrected chi connectivity index (χ4v) is 4.47. The first-order chi connectivity index (χ1) is 15.7. The maximum Gasteiger partial charge on any atom is 0.246 e. The summed E-state index contributed by atoms with van der Waals surface area (Å²) in [7, 11) is 0.561. The molecule has 3 aromatic rings. The van der Waals surface area contributed by atoms with E-state index in [0.717, 1.165) is 21.1 Å². The lowest BCUT2D eigenvalue weighted by Crippen LogP contribution is -2.33. The minimum atomic E-state index is -3.74. The average Bonchev–Trinajstić information content (AvgIpc) is 2.79. The zero-order chi connectivity index (χ0) is 24.0. The van der Waals surface area contributed by atoms with E-state index < -0.39 is 10.0 Å². The standard InChI is InChI=1S/C25H29N3O4S/c1-19-9-8-12-22(15-19)28(17-20-10-6-5-7-11-20)18-25(29)26-21-13-14-23(32-4)24(16-21)33(30,31)27(2)3/h5-16H,17-18H2,1-4H3,(H,26,29). The van der Waals surface area contributed by atoms with Crippen LogP contribution < -0.4 is 15.0 Å². The summed E-state index contributed by atoms with van der Waals surface area (Å²) >= 11 is 0. The van der Waals surface area contributed by atoms with Gasteiger partial charge in [-0.15, -0.1) is 0 Å². The molecule has 3 rings (SSSR count). The second-order valence-electron chi connectivity index (χ2n) is 7.88. The van der Waals surface area contributed by atoms with E-state index in [9.17, 15) is 13.2 Å². The molecule has 0 saturated heterocycles. The summed E-state index contributed by atoms with van der Waals surface area (Å²) in [6.07, 6.45) is 0. The number of hydrogen-bond donors (Lipinski definition) is 1. The summed E-state index contributed by atoms with van der Waals surface area (Å²) in [5.41, 5.74) is 3.49. The van der Waals surface area contributed by atoms with Crippen molar-refractivity contribution >= 4 is 27.3 Å². The molecule has 0 spiro atoms. The number of rotatable bonds is 9. The normalized spacial score (nSPS) is 11.3. The van der Waals surface area contributed by atoms with E-state index in [0.29, 0.717) is 12.2 Å². The van der Waals surface area contributed by atoms with Crippen molar-refractivity contribution in [2.45, 2.75) is 18.4 Å². The van der Waals surface area contributed by atoms with Crippen LogP contribution in [0.2, 0.25) is 0 Å². The number of hydrogen-bond acceptors (Lipinski definition) is 5. The minimum Gasteiger partial charge on any atom is -0.495 e. The monoisotopic (exact) mass is 467 g/mol. The minimum absolute atomic E-state index is 0.00683. The molecule has 0 aliphatic rings. The number of anilines is 2. The SMILES string of the molecule is COc1ccc(NC(=O)CN(Cc2ccccc2)c2cccc(C)c2)cc1S(=O)(=O)N(C)C. The van der Waals surface area contributed by atoms with Gasteiger partial charge in [0.05, 0.1) is 13.7 Å². The Morgan fingerprint density at radius 1 is 0.970 bits per heavy atom. The highest BCUT2D eigenvalue weighted by Crippen LogP contribution is 2.29. The Balaban J connectivity index is 1.84. The van der Waals surface area contributed by atoms with Gasteiger partial charge in [0.15, 0.2) is 0 Å². The molecule has 0 unspecified atom stereocenters. The van der Waals surface area contributed by atoms with E-state index in [1.165, 1.54) is 33.3 Å². The van der Waals surface area contributed by atoms with Crippen LogP contribution in [-0.4, -0.2) is 46.4 Å². The maximum absolute atomic E-state index is 13.0. The van der Waals surface area contributed by atoms with Crippen LogP contribution in [-0.2, 0) is 21.4 Å². The summed E-state index contributed by atoms with van der Waals surface area (Å²) in [6.45, 7) is 2.66. The number of nitrogens with one attached hydrogen (secondary N) is 1. The lowest BCUT2D eigenvalue weighted by Gasteiger charge is -2.25. The van der Waals surface area contributed by atoms with Crippen molar-refractivity contribution in [1.29, 1.82) is 0 Å². The van der Waals surface area contributed by atoms with Crippen molar-refractivity contribution in [3.05, 3.63) is 83.9 Å². The Morgan fingerprint density at radius 2 is 1.70 bits per heavy atom. The number of methoxy groups -OCH3 is 1. The van der Waals surface area contributed by atoms with E-state index >= 15 is 0 Å². The number of nitrogens with zero attached hydrogens (tertiary/aromatic N) is 2. The Kier molecular flexibility index (Phi) is 7.73. The van der Waals surface area contributed by atoms with E-state index in [1.54, 1.807) is 6.07 Å². The molecule has 0 saturated carbocycles. The third kappa shape index (κ3) is 6.12. The molecule has 0 bridgehead atoms. The predicted molar refractivity (Wildman–Crippen MR) is 131 cm³/mol. The predicted octanol–water partition coefficient (Wildman–Crippen LogP) is 3.90. The third-order valence-electron chi connectivity index (χ3n) is 5.12. The average molecular weight is 468 g/mol. The Bertz CT molecular complexity index is 1210. The van der Waals surface area contributed by atoms with Crippen LogP contribution in [0.1, 0.15) is 11.1 Å². The maximum atomic E-state index is 13.0. The molecule has 0 atom stereocenters. The first-order valence-corrected chi connectivity index (χ1v) is 11.9. The number of sulfonamides is 1. The van der Waals surface area contributed by atoms with Gasteiger partial charge in [0.25, 0.3) is 0 Å². The Morgan fingerprint density at radius 3 is 2.33 bits per heavy atom. The van der Waals surface area contributed by atoms with Crippen molar-refractivity contribution in [3.8, 4) is 5.75 Å². The lowest BCUT2D eigenvalue weighted by atomic mass is 10.1. The van der Waals surface area contributed by atoms with Gasteiger partial charge in [-0.05, 0) is 48.4 Å². The lowest BCUT2D eigenvalue weighted by molar-refractivity contribution is -0.115. The molecule has 0 aliphatic heterocycles. The van der Waals surface area contributed by atoms with Gasteiger partial charge < -0.3 is 15.0 Å². The second kappa shape index (κ2) is 10.5. The smallest absolute Gasteiger partial charge is 0.246 e. The number of aryl methyl sites for hydroxylation is 1. The molecule has 0 heterocycles. The first-order valence-electron chi connectivity index (χ1n) is 10.5. The number of amides is 1. The highest BCUT2D eigenvalue weighted by atomic mass is 32.2. The molecular weight excluding hydrogens is 438 g/mol. The molecule has 7 nitrogen and oxygen atoms in total. The molecule has 8 heteroatoms. The quantitative estimate of drug-likeness (QED) is 0.516. The number of benzene rings is 3. The molecule has 174 valence electrons. The van der Waals surface area contributed by atoms with Crippen molar-refractivity contribution in [1.82, 2.24) is 4.31 Å². The molecule has 1 N–H and O–H groups in total. The zero-order valence-electron chi connectivity index (χ0n) is 19.3. The van der Waals surface area contributed by atoms with Gasteiger partial charge in [0.2, 0.25) is 15.9 Å². The molecule has 33 heavy (non-hydrogen) atoms. The summed E-state index contributed by atoms with van der Waals surface area (Å²) < 4.78 is 31.7. The van der Waals surface area contributed by atoms with Crippen molar-refractivity contribution in [2.75, 3.05) is 38.0 Å². The molecule has 0 fully saturated rings. The van der Waals surface area contributed by atoms with E-state index in [2.05, 4.69) is 5.32 Å². The highest BCUT2D eigenvalue weighted by molar-refractivity contribution is 7.89. The molecule has 3 aromatic carbocycles. The molecule has 0 aliphatic carbocycles. The van der Waals surface area contributed by atoms with E-state index in [1.807, 2.05) is 66.4 Å². The van der Waals surface area contributed by atoms with E-state index in [-0.39, 0.29) is 23.1 Å². The van der Waals surface area contributed by atoms with Gasteiger partial charge in [0, 0.05) is 32.0 Å². The molecule has 0 radical (unpaired) electrons. The van der Waals surface area contributed by atoms with Crippen LogP contribution >= 0.6 is 0 Å². The van der Waals surface area contributed by atoms with Gasteiger partial charge in [0.1, 0.15) is 10.6 Å². The molecule has 0 aromatic heterocycles. The largest absolute Gasteiger partial charge is 0.495 e. The van der Waals surface area contributed by atoms with Crippen LogP contribution in [0.4, 0.5) is 11.4 Å². The van der Waals surface area contributed by atoms with Crippen molar-refractivity contribution in [3.63, 3.8) is 0 Å². The van der Waals surface area contributed by atoms with Crippen LogP contribution in [0.15, 0.2) is 77.7 Å². The van der Waals surface area contributed by atoms with Crippen molar-refractivity contribution < 1.29 is 17.9 Å². The van der Waals surface area contributed by atoms with Gasteiger partial charge in [-0.2, -0.15) is 0 Å². The van der Waals surface area contributed by atoms with Crippen LogP contribution in [0, 0.1) is 6.92 Å². The van der Waals surface area contributed by atoms with Crippen LogP contribution in [0.3, 0.4) is 0 Å². The second-order valence-corrected chi connectivity index (χ2v) is 10.0. The summed E-state index contributed by atoms with van der Waals surface area (Å²) in [5, 5.41) is 2.83. The van der Waals surface area contributed by atoms with Gasteiger partial charge in [-0.3, -0.25) is 4.79 Å². The third-order valence-corrected chi connectivity index (χ3v) is 6.96. The Labute approximate surface area is 195 Å². The van der Waals surface area contributed by atoms with Crippen molar-refractivity contribution in [2.24, 2.45) is 0 Å². The topological polar surface area (TPSA) is 79.0 Å². The van der Waals surface area contributed by atoms with Gasteiger partial charge in [-0.1, -0.05) is 42.5 Å². The summed E-state index contributed by atoms with van der Waals surface area (Å²) in [4.78, 5) is 15.0. The molecule has 1 amide bonds. The van der Waals surface area contributed by atoms with Gasteiger partial charge in [-0.25, -0.2) is 12.7 Å². The summed E-state index contributed by atoms with van der Waals surface area (Å²) in [6, 6.07) is 22.5. The van der Waals surface area contributed by atoms with Crippen LogP contribution in [0.25, 0.3) is 0 Å². The fraction of sp³-hybridized carbons (Fsp3) is 0.240. The summed E-state index contributed by atoms with van der Waals surface area (Å²) in [5.74, 6) is -0.0435. The Hall–Kier alpha value is -3.36.